The number of hydrogen-bond acceptors (Lipinski definition) is 14. The van der Waals surface area contributed by atoms with Crippen molar-refractivity contribution in [3.63, 3.8) is 0 Å². The molecule has 0 aliphatic carbocycles. The highest BCUT2D eigenvalue weighted by atomic mass is 35.5. The Labute approximate surface area is 137 Å². The Hall–Kier alpha value is -1.25. The molecule has 0 aromatic heterocycles. The van der Waals surface area contributed by atoms with Crippen LogP contribution in [0.3, 0.4) is 0 Å². The van der Waals surface area contributed by atoms with Crippen molar-refractivity contribution in [2.75, 3.05) is 0 Å². The fourth-order valence-corrected chi connectivity index (χ4v) is 0.402. The standard InChI is InChI=1S/C5H9NO4.ClH.11H3N/c6-3(5(9)10)1-2-4(7)8;;;;;;;;;;;;/h3H,1-2,6H2,(H,7,8)(H,9,10);1H;11*1H3. The second kappa shape index (κ2) is 73.0. The first-order valence-corrected chi connectivity index (χ1v) is 2.74. The van der Waals surface area contributed by atoms with Crippen LogP contribution < -0.4 is 73.4 Å². The van der Waals surface area contributed by atoms with Gasteiger partial charge in [0.1, 0.15) is 6.04 Å². The Morgan fingerprint density at radius 1 is 0.727 bits per heavy atom. The van der Waals surface area contributed by atoms with Crippen LogP contribution in [0.1, 0.15) is 12.8 Å². The molecule has 0 bridgehead atoms. The zero-order chi connectivity index (χ0) is 8.15. The highest BCUT2D eigenvalue weighted by Crippen LogP contribution is 1.93. The van der Waals surface area contributed by atoms with Gasteiger partial charge in [-0.25, -0.2) is 0 Å². The first kappa shape index (κ1) is 135. The van der Waals surface area contributed by atoms with E-state index >= 15 is 0 Å². The molecule has 0 radical (unpaired) electrons. The lowest BCUT2D eigenvalue weighted by molar-refractivity contribution is -0.139. The fourth-order valence-electron chi connectivity index (χ4n) is 0.402. The third-order valence-electron chi connectivity index (χ3n) is 0.986. The van der Waals surface area contributed by atoms with Crippen LogP contribution in [0.25, 0.3) is 0 Å². The van der Waals surface area contributed by atoms with E-state index in [4.69, 9.17) is 15.9 Å². The van der Waals surface area contributed by atoms with Crippen molar-refractivity contribution in [3.8, 4) is 0 Å². The molecular formula is C5H43ClN12O4. The highest BCUT2D eigenvalue weighted by Gasteiger charge is 2.12. The Kier molecular flexibility index (Phi) is 447. The van der Waals surface area contributed by atoms with E-state index in [-0.39, 0.29) is 92.9 Å². The summed E-state index contributed by atoms with van der Waals surface area (Å²) >= 11 is 0. The van der Waals surface area contributed by atoms with Crippen LogP contribution in [0.5, 0.6) is 0 Å². The quantitative estimate of drug-likeness (QED) is 0.332. The molecule has 154 valence electrons. The molecule has 0 saturated carbocycles. The molecule has 0 aliphatic heterocycles. The second-order valence-corrected chi connectivity index (χ2v) is 1.88. The predicted molar refractivity (Wildman–Crippen MR) is 95.0 cm³/mol. The van der Waals surface area contributed by atoms with Gasteiger partial charge in [0.05, 0.1) is 0 Å². The van der Waals surface area contributed by atoms with Crippen molar-refractivity contribution >= 4 is 24.3 Å². The van der Waals surface area contributed by atoms with Crippen molar-refractivity contribution in [2.24, 2.45) is 5.73 Å². The molecule has 0 saturated heterocycles. The molecule has 1 atom stereocenters. The lowest BCUT2D eigenvalue weighted by Crippen LogP contribution is -2.30. The van der Waals surface area contributed by atoms with Crippen LogP contribution >= 0.6 is 12.4 Å². The van der Waals surface area contributed by atoms with E-state index in [1.807, 2.05) is 0 Å². The third-order valence-corrected chi connectivity index (χ3v) is 0.986. The van der Waals surface area contributed by atoms with E-state index in [1.165, 1.54) is 0 Å². The average Bonchev–Trinajstić information content (AvgIpc) is 1.82. The minimum Gasteiger partial charge on any atom is -0.481 e. The maximum Gasteiger partial charge on any atom is 0.320 e. The lowest BCUT2D eigenvalue weighted by atomic mass is 10.2. The Morgan fingerprint density at radius 2 is 0.955 bits per heavy atom. The molecule has 0 aromatic rings. The molecule has 0 aliphatic rings. The van der Waals surface area contributed by atoms with Gasteiger partial charge in [-0.05, 0) is 6.42 Å². The highest BCUT2D eigenvalue weighted by molar-refractivity contribution is 5.85. The third kappa shape index (κ3) is 98.4. The summed E-state index contributed by atoms with van der Waals surface area (Å²) in [5.41, 5.74) is 5.00. The zero-order valence-electron chi connectivity index (χ0n) is 13.5. The monoisotopic (exact) mass is 370 g/mol. The number of carboxylic acids is 2. The summed E-state index contributed by atoms with van der Waals surface area (Å²) in [6.07, 6.45) is -0.224. The molecule has 0 fully saturated rings. The van der Waals surface area contributed by atoms with E-state index in [0.717, 1.165) is 0 Å². The van der Waals surface area contributed by atoms with Gasteiger partial charge in [-0.15, -0.1) is 12.4 Å². The number of carboxylic acid groups (broad SMARTS) is 2. The van der Waals surface area contributed by atoms with E-state index in [0.29, 0.717) is 0 Å². The van der Waals surface area contributed by atoms with Crippen LogP contribution in [-0.4, -0.2) is 28.2 Å². The van der Waals surface area contributed by atoms with Crippen LogP contribution in [0, 0.1) is 0 Å². The smallest absolute Gasteiger partial charge is 0.320 e. The van der Waals surface area contributed by atoms with Crippen LogP contribution in [0.15, 0.2) is 0 Å². The van der Waals surface area contributed by atoms with Gasteiger partial charge < -0.3 is 83.6 Å². The maximum atomic E-state index is 9.99. The normalized spacial score (nSPS) is 5.68. The Balaban J connectivity index is -0.00000000614. The molecule has 0 aromatic carbocycles. The first-order chi connectivity index (χ1) is 4.54. The molecule has 0 heterocycles. The predicted octanol–water partition coefficient (Wildman–Crippen LogP) is 1.47. The first-order valence-electron chi connectivity index (χ1n) is 2.74. The number of hydrogen-bond donors (Lipinski definition) is 14. The van der Waals surface area contributed by atoms with Gasteiger partial charge in [0.2, 0.25) is 0 Å². The molecular weight excluding hydrogens is 328 g/mol. The topological polar surface area (TPSA) is 486 Å². The Morgan fingerprint density at radius 3 is 1.09 bits per heavy atom. The summed E-state index contributed by atoms with van der Waals surface area (Å²) in [7, 11) is 0. The second-order valence-electron chi connectivity index (χ2n) is 1.88. The number of carbonyl (C=O) groups is 2. The summed E-state index contributed by atoms with van der Waals surface area (Å²) in [5.74, 6) is -2.20. The molecule has 0 amide bonds. The lowest BCUT2D eigenvalue weighted by Gasteiger charge is -2.01. The van der Waals surface area contributed by atoms with E-state index in [9.17, 15) is 9.59 Å². The summed E-state index contributed by atoms with van der Waals surface area (Å²) in [6.45, 7) is 0. The van der Waals surface area contributed by atoms with E-state index in [2.05, 4.69) is 0 Å². The summed E-state index contributed by atoms with van der Waals surface area (Å²) in [5, 5.41) is 16.3. The van der Waals surface area contributed by atoms with Gasteiger partial charge in [0.25, 0.3) is 0 Å². The van der Waals surface area contributed by atoms with Gasteiger partial charge >= 0.3 is 11.9 Å². The van der Waals surface area contributed by atoms with Crippen LogP contribution in [0.2, 0.25) is 0 Å². The van der Waals surface area contributed by atoms with Gasteiger partial charge in [0.15, 0.2) is 0 Å². The van der Waals surface area contributed by atoms with Gasteiger partial charge in [-0.2, -0.15) is 0 Å². The van der Waals surface area contributed by atoms with Crippen molar-refractivity contribution < 1.29 is 19.8 Å². The summed E-state index contributed by atoms with van der Waals surface area (Å²) < 4.78 is 0. The number of nitrogens with two attached hydrogens (primary N) is 1. The number of aliphatic carboxylic acids is 2. The zero-order valence-corrected chi connectivity index (χ0v) is 14.3. The molecule has 37 N–H and O–H groups in total. The molecule has 22 heavy (non-hydrogen) atoms. The molecule has 0 rings (SSSR count). The van der Waals surface area contributed by atoms with Gasteiger partial charge in [-0.1, -0.05) is 0 Å². The minimum atomic E-state index is -1.17. The van der Waals surface area contributed by atoms with Crippen LogP contribution in [0.4, 0.5) is 0 Å². The fraction of sp³-hybridized carbons (Fsp3) is 0.600. The summed E-state index contributed by atoms with van der Waals surface area (Å²) in [6, 6.07) is -1.06. The Bertz CT molecular complexity index is 166. The molecule has 0 spiro atoms. The number of halogens is 1. The van der Waals surface area contributed by atoms with Crippen molar-refractivity contribution in [2.45, 2.75) is 18.9 Å². The SMILES string of the molecule is Cl.N.N.N.N.N.N.N.N.N.N.N.NC(CCC(=O)O)C(=O)O. The molecule has 16 nitrogen and oxygen atoms in total. The van der Waals surface area contributed by atoms with Crippen molar-refractivity contribution in [1.29, 1.82) is 0 Å². The van der Waals surface area contributed by atoms with Gasteiger partial charge in [-0.3, -0.25) is 9.59 Å². The van der Waals surface area contributed by atoms with Gasteiger partial charge in [0, 0.05) is 6.42 Å². The van der Waals surface area contributed by atoms with Crippen LogP contribution in [-0.2, 0) is 9.59 Å². The van der Waals surface area contributed by atoms with Crippen molar-refractivity contribution in [3.05, 3.63) is 0 Å². The molecule has 17 heteroatoms. The average molecular weight is 371 g/mol. The summed E-state index contributed by atoms with van der Waals surface area (Å²) in [4.78, 5) is 19.9. The van der Waals surface area contributed by atoms with E-state index < -0.39 is 18.0 Å². The van der Waals surface area contributed by atoms with Crippen molar-refractivity contribution in [1.82, 2.24) is 67.7 Å². The molecule has 1 unspecified atom stereocenters. The largest absolute Gasteiger partial charge is 0.481 e. The van der Waals surface area contributed by atoms with E-state index in [1.54, 1.807) is 0 Å². The number of rotatable bonds is 4. The maximum absolute atomic E-state index is 9.99. The minimum absolute atomic E-state index is 0.